The van der Waals surface area contributed by atoms with Crippen LogP contribution in [0.3, 0.4) is 0 Å². The minimum atomic E-state index is 0.147. The molecule has 1 aliphatic rings. The van der Waals surface area contributed by atoms with E-state index in [1.165, 1.54) is 6.42 Å². The number of carbonyl (C=O) groups is 1. The Morgan fingerprint density at radius 2 is 1.90 bits per heavy atom. The van der Waals surface area contributed by atoms with Gasteiger partial charge in [-0.05, 0) is 58.2 Å². The number of hydrogen-bond donors (Lipinski definition) is 0. The second-order valence-corrected chi connectivity index (χ2v) is 6.18. The fourth-order valence-corrected chi connectivity index (χ4v) is 3.28. The van der Waals surface area contributed by atoms with Crippen LogP contribution < -0.4 is 0 Å². The molecule has 1 amide bonds. The maximum Gasteiger partial charge on any atom is 0.253 e. The molecule has 0 unspecified atom stereocenters. The molecule has 0 atom stereocenters. The molecular formula is C17H23N3O. The number of imidazole rings is 1. The van der Waals surface area contributed by atoms with Crippen molar-refractivity contribution in [3.05, 3.63) is 29.6 Å². The van der Waals surface area contributed by atoms with E-state index >= 15 is 0 Å². The fourth-order valence-electron chi connectivity index (χ4n) is 3.28. The summed E-state index contributed by atoms with van der Waals surface area (Å²) < 4.78 is 2.21. The summed E-state index contributed by atoms with van der Waals surface area (Å²) in [6, 6.07) is 6.29. The van der Waals surface area contributed by atoms with Crippen LogP contribution in [0.5, 0.6) is 0 Å². The van der Waals surface area contributed by atoms with E-state index < -0.39 is 0 Å². The van der Waals surface area contributed by atoms with E-state index in [1.807, 2.05) is 30.0 Å². The normalized spacial score (nSPS) is 15.9. The van der Waals surface area contributed by atoms with Gasteiger partial charge >= 0.3 is 0 Å². The second kappa shape index (κ2) is 5.51. The quantitative estimate of drug-likeness (QED) is 0.846. The smallest absolute Gasteiger partial charge is 0.253 e. The highest BCUT2D eigenvalue weighted by molar-refractivity contribution is 5.97. The maximum absolute atomic E-state index is 12.6. The van der Waals surface area contributed by atoms with E-state index in [0.29, 0.717) is 6.04 Å². The topological polar surface area (TPSA) is 38.1 Å². The SMILES string of the molecule is Cc1nc2cc(C(=O)N3CCCCC3)ccc2n1C(C)C. The Bertz CT molecular complexity index is 666. The lowest BCUT2D eigenvalue weighted by Gasteiger charge is -2.26. The van der Waals surface area contributed by atoms with Gasteiger partial charge in [-0.1, -0.05) is 0 Å². The highest BCUT2D eigenvalue weighted by atomic mass is 16.2. The second-order valence-electron chi connectivity index (χ2n) is 6.18. The first-order chi connectivity index (χ1) is 10.1. The van der Waals surface area contributed by atoms with Crippen molar-refractivity contribution in [2.45, 2.75) is 46.1 Å². The predicted molar refractivity (Wildman–Crippen MR) is 84.6 cm³/mol. The lowest BCUT2D eigenvalue weighted by Crippen LogP contribution is -2.35. The highest BCUT2D eigenvalue weighted by Gasteiger charge is 2.19. The van der Waals surface area contributed by atoms with Gasteiger partial charge in [-0.3, -0.25) is 4.79 Å². The number of amides is 1. The molecule has 0 radical (unpaired) electrons. The first kappa shape index (κ1) is 14.1. The van der Waals surface area contributed by atoms with E-state index in [4.69, 9.17) is 0 Å². The van der Waals surface area contributed by atoms with Crippen LogP contribution in [0.1, 0.15) is 55.3 Å². The van der Waals surface area contributed by atoms with Crippen LogP contribution in [0.2, 0.25) is 0 Å². The van der Waals surface area contributed by atoms with Gasteiger partial charge in [-0.2, -0.15) is 0 Å². The Hall–Kier alpha value is -1.84. The van der Waals surface area contributed by atoms with Crippen molar-refractivity contribution < 1.29 is 4.79 Å². The Morgan fingerprint density at radius 1 is 1.19 bits per heavy atom. The first-order valence-electron chi connectivity index (χ1n) is 7.86. The third kappa shape index (κ3) is 2.55. The molecule has 1 saturated heterocycles. The molecule has 0 bridgehead atoms. The van der Waals surface area contributed by atoms with Crippen molar-refractivity contribution in [3.8, 4) is 0 Å². The summed E-state index contributed by atoms with van der Waals surface area (Å²) in [6.07, 6.45) is 3.48. The van der Waals surface area contributed by atoms with Crippen LogP contribution in [0.15, 0.2) is 18.2 Å². The number of fused-ring (bicyclic) bond motifs is 1. The molecule has 2 aromatic rings. The van der Waals surface area contributed by atoms with Gasteiger partial charge in [0.1, 0.15) is 5.82 Å². The van der Waals surface area contributed by atoms with E-state index in [2.05, 4.69) is 23.4 Å². The summed E-state index contributed by atoms with van der Waals surface area (Å²) in [6.45, 7) is 8.10. The number of benzene rings is 1. The van der Waals surface area contributed by atoms with E-state index in [0.717, 1.165) is 48.4 Å². The average Bonchev–Trinajstić information content (AvgIpc) is 2.82. The van der Waals surface area contributed by atoms with Gasteiger partial charge in [0, 0.05) is 24.7 Å². The first-order valence-corrected chi connectivity index (χ1v) is 7.86. The Morgan fingerprint density at radius 3 is 2.57 bits per heavy atom. The number of nitrogens with zero attached hydrogens (tertiary/aromatic N) is 3. The highest BCUT2D eigenvalue weighted by Crippen LogP contribution is 2.23. The van der Waals surface area contributed by atoms with E-state index in [-0.39, 0.29) is 5.91 Å². The molecule has 1 aromatic heterocycles. The molecule has 0 N–H and O–H groups in total. The zero-order valence-corrected chi connectivity index (χ0v) is 13.1. The standard InChI is InChI=1S/C17H23N3O/c1-12(2)20-13(3)18-15-11-14(7-8-16(15)20)17(21)19-9-5-4-6-10-19/h7-8,11-12H,4-6,9-10H2,1-3H3. The number of hydrogen-bond acceptors (Lipinski definition) is 2. The largest absolute Gasteiger partial charge is 0.339 e. The molecule has 0 saturated carbocycles. The van der Waals surface area contributed by atoms with Crippen molar-refractivity contribution in [2.75, 3.05) is 13.1 Å². The monoisotopic (exact) mass is 285 g/mol. The maximum atomic E-state index is 12.6. The Labute approximate surface area is 125 Å². The summed E-state index contributed by atoms with van der Waals surface area (Å²) in [7, 11) is 0. The average molecular weight is 285 g/mol. The molecule has 0 aliphatic carbocycles. The number of likely N-dealkylation sites (tertiary alicyclic amines) is 1. The third-order valence-corrected chi connectivity index (χ3v) is 4.27. The van der Waals surface area contributed by atoms with Gasteiger partial charge in [0.05, 0.1) is 11.0 Å². The van der Waals surface area contributed by atoms with Gasteiger partial charge in [0.25, 0.3) is 5.91 Å². The summed E-state index contributed by atoms with van der Waals surface area (Å²) in [5.74, 6) is 1.15. The van der Waals surface area contributed by atoms with Crippen LogP contribution in [-0.2, 0) is 0 Å². The molecule has 21 heavy (non-hydrogen) atoms. The molecule has 1 fully saturated rings. The lowest BCUT2D eigenvalue weighted by atomic mass is 10.1. The molecule has 4 heteroatoms. The summed E-state index contributed by atoms with van der Waals surface area (Å²) >= 11 is 0. The van der Waals surface area contributed by atoms with Gasteiger partial charge < -0.3 is 9.47 Å². The van der Waals surface area contributed by atoms with Crippen LogP contribution in [0.4, 0.5) is 0 Å². The van der Waals surface area contributed by atoms with Crippen molar-refractivity contribution in [1.82, 2.24) is 14.5 Å². The summed E-state index contributed by atoms with van der Waals surface area (Å²) in [4.78, 5) is 19.1. The Balaban J connectivity index is 1.96. The van der Waals surface area contributed by atoms with Gasteiger partial charge in [-0.25, -0.2) is 4.98 Å². The molecule has 112 valence electrons. The van der Waals surface area contributed by atoms with Crippen LogP contribution in [0.25, 0.3) is 11.0 Å². The molecule has 3 rings (SSSR count). The molecular weight excluding hydrogens is 262 g/mol. The number of carbonyl (C=O) groups excluding carboxylic acids is 1. The van der Waals surface area contributed by atoms with Crippen molar-refractivity contribution in [3.63, 3.8) is 0 Å². The van der Waals surface area contributed by atoms with Gasteiger partial charge in [0.15, 0.2) is 0 Å². The number of aromatic nitrogens is 2. The molecule has 2 heterocycles. The number of aryl methyl sites for hydroxylation is 1. The van der Waals surface area contributed by atoms with Crippen molar-refractivity contribution in [1.29, 1.82) is 0 Å². The molecule has 4 nitrogen and oxygen atoms in total. The fraction of sp³-hybridized carbons (Fsp3) is 0.529. The van der Waals surface area contributed by atoms with Gasteiger partial charge in [0.2, 0.25) is 0 Å². The molecule has 1 aliphatic heterocycles. The minimum Gasteiger partial charge on any atom is -0.339 e. The number of rotatable bonds is 2. The third-order valence-electron chi connectivity index (χ3n) is 4.27. The van der Waals surface area contributed by atoms with Crippen molar-refractivity contribution in [2.24, 2.45) is 0 Å². The zero-order valence-electron chi connectivity index (χ0n) is 13.1. The van der Waals surface area contributed by atoms with Crippen LogP contribution in [-0.4, -0.2) is 33.4 Å². The summed E-state index contributed by atoms with van der Waals surface area (Å²) in [5, 5.41) is 0. The van der Waals surface area contributed by atoms with Crippen LogP contribution in [0, 0.1) is 6.92 Å². The Kier molecular flexibility index (Phi) is 3.70. The molecule has 0 spiro atoms. The zero-order chi connectivity index (χ0) is 15.0. The number of piperidine rings is 1. The summed E-state index contributed by atoms with van der Waals surface area (Å²) in [5.41, 5.74) is 2.79. The predicted octanol–water partition coefficient (Wildman–Crippen LogP) is 3.55. The van der Waals surface area contributed by atoms with Crippen LogP contribution >= 0.6 is 0 Å². The van der Waals surface area contributed by atoms with E-state index in [1.54, 1.807) is 0 Å². The minimum absolute atomic E-state index is 0.147. The lowest BCUT2D eigenvalue weighted by molar-refractivity contribution is 0.0724. The van der Waals surface area contributed by atoms with Gasteiger partial charge in [-0.15, -0.1) is 0 Å². The molecule has 1 aromatic carbocycles. The van der Waals surface area contributed by atoms with Crippen molar-refractivity contribution >= 4 is 16.9 Å². The van der Waals surface area contributed by atoms with E-state index in [9.17, 15) is 4.79 Å².